The first-order valence-electron chi connectivity index (χ1n) is 5.99. The number of benzene rings is 1. The van der Waals surface area contributed by atoms with Crippen molar-refractivity contribution in [1.82, 2.24) is 4.72 Å². The lowest BCUT2D eigenvalue weighted by Gasteiger charge is -2.14. The Morgan fingerprint density at radius 1 is 1.22 bits per heavy atom. The van der Waals surface area contributed by atoms with Crippen molar-refractivity contribution in [2.75, 3.05) is 0 Å². The van der Waals surface area contributed by atoms with Gasteiger partial charge in [0.25, 0.3) is 0 Å². The first kappa shape index (κ1) is 14.7. The summed E-state index contributed by atoms with van der Waals surface area (Å²) in [6, 6.07) is 8.59. The minimum atomic E-state index is -3.31. The van der Waals surface area contributed by atoms with Crippen molar-refractivity contribution in [2.24, 2.45) is 0 Å². The minimum absolute atomic E-state index is 0.00613. The molecular formula is C13H18N2O2S. The summed E-state index contributed by atoms with van der Waals surface area (Å²) in [6.45, 7) is 3.91. The maximum absolute atomic E-state index is 11.9. The first-order valence-corrected chi connectivity index (χ1v) is 7.65. The van der Waals surface area contributed by atoms with E-state index in [4.69, 9.17) is 5.26 Å². The molecule has 98 valence electrons. The van der Waals surface area contributed by atoms with E-state index in [1.165, 1.54) is 0 Å². The quantitative estimate of drug-likeness (QED) is 0.857. The fourth-order valence-corrected chi connectivity index (χ4v) is 3.20. The summed E-state index contributed by atoms with van der Waals surface area (Å²) in [5, 5.41) is 8.66. The molecule has 18 heavy (non-hydrogen) atoms. The maximum Gasteiger partial charge on any atom is 0.216 e. The highest BCUT2D eigenvalue weighted by Crippen LogP contribution is 2.09. The first-order chi connectivity index (χ1) is 8.50. The molecular weight excluding hydrogens is 248 g/mol. The Hall–Kier alpha value is -1.38. The third-order valence-corrected chi connectivity index (χ3v) is 4.18. The SMILES string of the molecule is CCC(CC)NS(=O)(=O)Cc1ccc(C#N)cc1. The molecule has 0 aliphatic carbocycles. The average molecular weight is 266 g/mol. The molecule has 0 saturated heterocycles. The van der Waals surface area contributed by atoms with Crippen LogP contribution in [-0.2, 0) is 15.8 Å². The molecule has 0 bridgehead atoms. The van der Waals surface area contributed by atoms with E-state index in [0.717, 1.165) is 12.8 Å². The van der Waals surface area contributed by atoms with Crippen LogP contribution in [0.25, 0.3) is 0 Å². The minimum Gasteiger partial charge on any atom is -0.212 e. The van der Waals surface area contributed by atoms with Crippen LogP contribution in [-0.4, -0.2) is 14.5 Å². The molecule has 0 atom stereocenters. The van der Waals surface area contributed by atoms with Crippen LogP contribution >= 0.6 is 0 Å². The van der Waals surface area contributed by atoms with E-state index in [0.29, 0.717) is 11.1 Å². The molecule has 0 amide bonds. The molecule has 1 rings (SSSR count). The van der Waals surface area contributed by atoms with Gasteiger partial charge in [-0.05, 0) is 30.5 Å². The molecule has 1 aromatic rings. The number of nitriles is 1. The Kier molecular flexibility index (Phi) is 5.32. The topological polar surface area (TPSA) is 70.0 Å². The molecule has 0 aromatic heterocycles. The van der Waals surface area contributed by atoms with E-state index < -0.39 is 10.0 Å². The summed E-state index contributed by atoms with van der Waals surface area (Å²) >= 11 is 0. The van der Waals surface area contributed by atoms with E-state index >= 15 is 0 Å². The van der Waals surface area contributed by atoms with Gasteiger partial charge in [-0.15, -0.1) is 0 Å². The molecule has 5 heteroatoms. The Morgan fingerprint density at radius 2 is 1.78 bits per heavy atom. The second-order valence-corrected chi connectivity index (χ2v) is 5.95. The van der Waals surface area contributed by atoms with Crippen LogP contribution in [0.4, 0.5) is 0 Å². The van der Waals surface area contributed by atoms with Crippen molar-refractivity contribution in [2.45, 2.75) is 38.5 Å². The van der Waals surface area contributed by atoms with E-state index in [9.17, 15) is 8.42 Å². The molecule has 0 aliphatic heterocycles. The van der Waals surface area contributed by atoms with Crippen molar-refractivity contribution >= 4 is 10.0 Å². The van der Waals surface area contributed by atoms with Gasteiger partial charge >= 0.3 is 0 Å². The molecule has 0 spiro atoms. The highest BCUT2D eigenvalue weighted by Gasteiger charge is 2.15. The van der Waals surface area contributed by atoms with Crippen LogP contribution < -0.4 is 4.72 Å². The van der Waals surface area contributed by atoms with Gasteiger partial charge in [0, 0.05) is 6.04 Å². The zero-order valence-electron chi connectivity index (χ0n) is 10.7. The predicted molar refractivity (Wildman–Crippen MR) is 71.3 cm³/mol. The van der Waals surface area contributed by atoms with Gasteiger partial charge in [0.15, 0.2) is 0 Å². The van der Waals surface area contributed by atoms with E-state index in [-0.39, 0.29) is 11.8 Å². The molecule has 0 radical (unpaired) electrons. The van der Waals surface area contributed by atoms with Gasteiger partial charge < -0.3 is 0 Å². The Labute approximate surface area is 109 Å². The molecule has 0 unspecified atom stereocenters. The van der Waals surface area contributed by atoms with Crippen molar-refractivity contribution in [3.63, 3.8) is 0 Å². The summed E-state index contributed by atoms with van der Waals surface area (Å²) in [6.07, 6.45) is 1.56. The van der Waals surface area contributed by atoms with Crippen LogP contribution in [0.2, 0.25) is 0 Å². The van der Waals surface area contributed by atoms with Crippen LogP contribution in [0.3, 0.4) is 0 Å². The van der Waals surface area contributed by atoms with Gasteiger partial charge in [0.2, 0.25) is 10.0 Å². The Morgan fingerprint density at radius 3 is 2.22 bits per heavy atom. The van der Waals surface area contributed by atoms with Gasteiger partial charge in [-0.1, -0.05) is 26.0 Å². The molecule has 0 fully saturated rings. The molecule has 1 aromatic carbocycles. The third-order valence-electron chi connectivity index (χ3n) is 2.77. The standard InChI is InChI=1S/C13H18N2O2S/c1-3-13(4-2)15-18(16,17)10-12-7-5-11(9-14)6-8-12/h5-8,13,15H,3-4,10H2,1-2H3. The second-order valence-electron chi connectivity index (χ2n) is 4.20. The highest BCUT2D eigenvalue weighted by molar-refractivity contribution is 7.88. The second kappa shape index (κ2) is 6.53. The zero-order valence-corrected chi connectivity index (χ0v) is 11.5. The molecule has 4 nitrogen and oxygen atoms in total. The van der Waals surface area contributed by atoms with Gasteiger partial charge in [-0.2, -0.15) is 5.26 Å². The van der Waals surface area contributed by atoms with Crippen LogP contribution in [0, 0.1) is 11.3 Å². The van der Waals surface area contributed by atoms with Gasteiger partial charge in [-0.25, -0.2) is 13.1 Å². The summed E-state index contributed by atoms with van der Waals surface area (Å²) in [5.74, 6) is -0.0464. The smallest absolute Gasteiger partial charge is 0.212 e. The summed E-state index contributed by atoms with van der Waals surface area (Å²) in [7, 11) is -3.31. The third kappa shape index (κ3) is 4.47. The van der Waals surface area contributed by atoms with E-state index in [2.05, 4.69) is 4.72 Å². The van der Waals surface area contributed by atoms with Gasteiger partial charge in [-0.3, -0.25) is 0 Å². The predicted octanol–water partition coefficient (Wildman–Crippen LogP) is 2.17. The zero-order chi connectivity index (χ0) is 13.6. The van der Waals surface area contributed by atoms with Crippen LogP contribution in [0.1, 0.15) is 37.8 Å². The summed E-state index contributed by atoms with van der Waals surface area (Å²) in [5.41, 5.74) is 1.22. The molecule has 0 heterocycles. The fraction of sp³-hybridized carbons (Fsp3) is 0.462. The van der Waals surface area contributed by atoms with Crippen molar-refractivity contribution in [3.05, 3.63) is 35.4 Å². The largest absolute Gasteiger partial charge is 0.216 e. The average Bonchev–Trinajstić information content (AvgIpc) is 2.36. The number of hydrogen-bond acceptors (Lipinski definition) is 3. The lowest BCUT2D eigenvalue weighted by molar-refractivity contribution is 0.529. The van der Waals surface area contributed by atoms with Crippen molar-refractivity contribution in [1.29, 1.82) is 5.26 Å². The van der Waals surface area contributed by atoms with Crippen LogP contribution in [0.5, 0.6) is 0 Å². The van der Waals surface area contributed by atoms with E-state index in [1.807, 2.05) is 19.9 Å². The van der Waals surface area contributed by atoms with Crippen molar-refractivity contribution in [3.8, 4) is 6.07 Å². The number of hydrogen-bond donors (Lipinski definition) is 1. The molecule has 0 aliphatic rings. The summed E-state index contributed by atoms with van der Waals surface area (Å²) in [4.78, 5) is 0. The molecule has 0 saturated carbocycles. The maximum atomic E-state index is 11.9. The monoisotopic (exact) mass is 266 g/mol. The Balaban J connectivity index is 2.73. The number of nitrogens with zero attached hydrogens (tertiary/aromatic N) is 1. The van der Waals surface area contributed by atoms with Crippen molar-refractivity contribution < 1.29 is 8.42 Å². The number of rotatable bonds is 6. The summed E-state index contributed by atoms with van der Waals surface area (Å²) < 4.78 is 26.5. The lowest BCUT2D eigenvalue weighted by atomic mass is 10.2. The van der Waals surface area contributed by atoms with E-state index in [1.54, 1.807) is 24.3 Å². The van der Waals surface area contributed by atoms with Crippen LogP contribution in [0.15, 0.2) is 24.3 Å². The highest BCUT2D eigenvalue weighted by atomic mass is 32.2. The number of sulfonamides is 1. The number of nitrogens with one attached hydrogen (secondary N) is 1. The Bertz CT molecular complexity index is 511. The fourth-order valence-electron chi connectivity index (χ4n) is 1.65. The molecule has 1 N–H and O–H groups in total. The van der Waals surface area contributed by atoms with Gasteiger partial charge in [0.05, 0.1) is 17.4 Å². The normalized spacial score (nSPS) is 11.4. The van der Waals surface area contributed by atoms with Gasteiger partial charge in [0.1, 0.15) is 0 Å². The lowest BCUT2D eigenvalue weighted by Crippen LogP contribution is -2.34.